The van der Waals surface area contributed by atoms with Crippen LogP contribution in [0.1, 0.15) is 18.7 Å². The number of rotatable bonds is 3. The SMILES string of the molecule is CC(O)c1cn(-c2ccc(F)cc2[N+](=O)[O-])nn1. The van der Waals surface area contributed by atoms with Gasteiger partial charge in [0.15, 0.2) is 0 Å². The first-order valence-corrected chi connectivity index (χ1v) is 5.03. The molecule has 0 spiro atoms. The van der Waals surface area contributed by atoms with E-state index in [1.807, 2.05) is 0 Å². The van der Waals surface area contributed by atoms with E-state index in [0.29, 0.717) is 0 Å². The minimum Gasteiger partial charge on any atom is -0.387 e. The Morgan fingerprint density at radius 1 is 1.56 bits per heavy atom. The van der Waals surface area contributed by atoms with Crippen LogP contribution in [-0.4, -0.2) is 25.0 Å². The van der Waals surface area contributed by atoms with E-state index in [-0.39, 0.29) is 11.4 Å². The number of nitro benzene ring substituents is 1. The lowest BCUT2D eigenvalue weighted by Crippen LogP contribution is -2.01. The van der Waals surface area contributed by atoms with E-state index in [0.717, 1.165) is 16.8 Å². The Hall–Kier alpha value is -2.35. The van der Waals surface area contributed by atoms with Crippen LogP contribution in [0.2, 0.25) is 0 Å². The third-order valence-electron chi connectivity index (χ3n) is 2.32. The maximum Gasteiger partial charge on any atom is 0.297 e. The summed E-state index contributed by atoms with van der Waals surface area (Å²) in [6, 6.07) is 3.12. The zero-order valence-corrected chi connectivity index (χ0v) is 9.32. The zero-order chi connectivity index (χ0) is 13.3. The van der Waals surface area contributed by atoms with Gasteiger partial charge in [-0.1, -0.05) is 5.21 Å². The second-order valence-electron chi connectivity index (χ2n) is 3.65. The second-order valence-corrected chi connectivity index (χ2v) is 3.65. The van der Waals surface area contributed by atoms with Gasteiger partial charge in [0.05, 0.1) is 23.3 Å². The molecule has 1 unspecified atom stereocenters. The van der Waals surface area contributed by atoms with Crippen LogP contribution in [0.25, 0.3) is 5.69 Å². The summed E-state index contributed by atoms with van der Waals surface area (Å²) in [5.41, 5.74) is -0.0635. The Labute approximate surface area is 101 Å². The molecule has 0 fully saturated rings. The molecule has 0 aliphatic carbocycles. The number of nitrogens with zero attached hydrogens (tertiary/aromatic N) is 4. The van der Waals surface area contributed by atoms with Crippen molar-refractivity contribution in [1.29, 1.82) is 0 Å². The molecule has 0 aliphatic rings. The molecule has 1 heterocycles. The molecule has 0 bridgehead atoms. The van der Waals surface area contributed by atoms with Crippen molar-refractivity contribution in [2.45, 2.75) is 13.0 Å². The molecule has 8 heteroatoms. The van der Waals surface area contributed by atoms with Crippen LogP contribution < -0.4 is 0 Å². The average molecular weight is 252 g/mol. The molecule has 0 saturated carbocycles. The lowest BCUT2D eigenvalue weighted by Gasteiger charge is -2.01. The maximum atomic E-state index is 13.0. The molecule has 0 aliphatic heterocycles. The maximum absolute atomic E-state index is 13.0. The molecule has 2 rings (SSSR count). The fourth-order valence-corrected chi connectivity index (χ4v) is 1.42. The molecule has 1 atom stereocenters. The lowest BCUT2D eigenvalue weighted by molar-refractivity contribution is -0.384. The number of aliphatic hydroxyl groups is 1. The van der Waals surface area contributed by atoms with E-state index in [4.69, 9.17) is 0 Å². The molecule has 0 saturated heterocycles. The van der Waals surface area contributed by atoms with Gasteiger partial charge in [-0.25, -0.2) is 9.07 Å². The molecule has 2 aromatic rings. The van der Waals surface area contributed by atoms with Crippen LogP contribution >= 0.6 is 0 Å². The van der Waals surface area contributed by atoms with Crippen molar-refractivity contribution in [3.05, 3.63) is 46.0 Å². The van der Waals surface area contributed by atoms with Gasteiger partial charge in [0.1, 0.15) is 17.2 Å². The monoisotopic (exact) mass is 252 g/mol. The summed E-state index contributed by atoms with van der Waals surface area (Å²) in [5, 5.41) is 27.4. The Balaban J connectivity index is 2.52. The van der Waals surface area contributed by atoms with Gasteiger partial charge in [-0.15, -0.1) is 5.10 Å². The minimum atomic E-state index is -0.835. The number of hydrogen-bond acceptors (Lipinski definition) is 5. The van der Waals surface area contributed by atoms with Crippen molar-refractivity contribution in [3.8, 4) is 5.69 Å². The van der Waals surface area contributed by atoms with E-state index in [1.54, 1.807) is 0 Å². The van der Waals surface area contributed by atoms with Crippen molar-refractivity contribution in [1.82, 2.24) is 15.0 Å². The van der Waals surface area contributed by atoms with Gasteiger partial charge in [0, 0.05) is 0 Å². The van der Waals surface area contributed by atoms with Crippen LogP contribution in [-0.2, 0) is 0 Å². The van der Waals surface area contributed by atoms with Crippen molar-refractivity contribution in [3.63, 3.8) is 0 Å². The number of aromatic nitrogens is 3. The van der Waals surface area contributed by atoms with Crippen LogP contribution in [0.4, 0.5) is 10.1 Å². The van der Waals surface area contributed by atoms with Crippen LogP contribution in [0.15, 0.2) is 24.4 Å². The first-order valence-electron chi connectivity index (χ1n) is 5.03. The number of hydrogen-bond donors (Lipinski definition) is 1. The largest absolute Gasteiger partial charge is 0.387 e. The summed E-state index contributed by atoms with van der Waals surface area (Å²) in [7, 11) is 0. The molecule has 1 aromatic carbocycles. The normalized spacial score (nSPS) is 12.4. The number of aliphatic hydroxyl groups excluding tert-OH is 1. The van der Waals surface area contributed by atoms with Crippen LogP contribution in [0.3, 0.4) is 0 Å². The molecule has 18 heavy (non-hydrogen) atoms. The molecule has 1 N–H and O–H groups in total. The molecule has 94 valence electrons. The average Bonchev–Trinajstić information content (AvgIpc) is 2.78. The molecule has 1 aromatic heterocycles. The first-order chi connectivity index (χ1) is 8.49. The fraction of sp³-hybridized carbons (Fsp3) is 0.200. The summed E-state index contributed by atoms with van der Waals surface area (Å²) >= 11 is 0. The van der Waals surface area contributed by atoms with E-state index in [2.05, 4.69) is 10.3 Å². The van der Waals surface area contributed by atoms with Crippen molar-refractivity contribution < 1.29 is 14.4 Å². The van der Waals surface area contributed by atoms with Crippen LogP contribution in [0, 0.1) is 15.9 Å². The van der Waals surface area contributed by atoms with E-state index in [9.17, 15) is 19.6 Å². The van der Waals surface area contributed by atoms with Crippen molar-refractivity contribution >= 4 is 5.69 Å². The number of benzene rings is 1. The smallest absolute Gasteiger partial charge is 0.297 e. The number of halogens is 1. The molecule has 0 amide bonds. The summed E-state index contributed by atoms with van der Waals surface area (Å²) in [5.74, 6) is -0.707. The van der Waals surface area contributed by atoms with Gasteiger partial charge in [-0.2, -0.15) is 0 Å². The van der Waals surface area contributed by atoms with E-state index < -0.39 is 22.5 Å². The van der Waals surface area contributed by atoms with E-state index >= 15 is 0 Å². The van der Waals surface area contributed by atoms with E-state index in [1.165, 1.54) is 19.2 Å². The van der Waals surface area contributed by atoms with Gasteiger partial charge in [0.25, 0.3) is 5.69 Å². The molecular weight excluding hydrogens is 243 g/mol. The highest BCUT2D eigenvalue weighted by Crippen LogP contribution is 2.23. The van der Waals surface area contributed by atoms with Crippen molar-refractivity contribution in [2.75, 3.05) is 0 Å². The van der Waals surface area contributed by atoms with Crippen LogP contribution in [0.5, 0.6) is 0 Å². The van der Waals surface area contributed by atoms with Gasteiger partial charge < -0.3 is 5.11 Å². The van der Waals surface area contributed by atoms with Gasteiger partial charge in [0.2, 0.25) is 0 Å². The Kier molecular flexibility index (Phi) is 3.02. The summed E-state index contributed by atoms with van der Waals surface area (Å²) < 4.78 is 14.1. The molecular formula is C10H9FN4O3. The lowest BCUT2D eigenvalue weighted by atomic mass is 10.2. The summed E-state index contributed by atoms with van der Waals surface area (Å²) in [4.78, 5) is 10.1. The zero-order valence-electron chi connectivity index (χ0n) is 9.32. The highest BCUT2D eigenvalue weighted by molar-refractivity contribution is 5.51. The predicted molar refractivity (Wildman–Crippen MR) is 58.6 cm³/mol. The highest BCUT2D eigenvalue weighted by Gasteiger charge is 2.18. The van der Waals surface area contributed by atoms with Crippen molar-refractivity contribution in [2.24, 2.45) is 0 Å². The summed E-state index contributed by atoms with van der Waals surface area (Å²) in [6.07, 6.45) is 0.517. The second kappa shape index (κ2) is 4.49. The topological polar surface area (TPSA) is 94.1 Å². The minimum absolute atomic E-state index is 0.0841. The van der Waals surface area contributed by atoms with Gasteiger partial charge >= 0.3 is 0 Å². The quantitative estimate of drug-likeness (QED) is 0.657. The molecule has 7 nitrogen and oxygen atoms in total. The van der Waals surface area contributed by atoms with Gasteiger partial charge in [-0.05, 0) is 19.1 Å². The first kappa shape index (κ1) is 12.1. The Bertz CT molecular complexity index is 597. The molecule has 0 radical (unpaired) electrons. The third kappa shape index (κ3) is 2.18. The summed E-state index contributed by atoms with van der Waals surface area (Å²) in [6.45, 7) is 1.49. The Morgan fingerprint density at radius 3 is 2.83 bits per heavy atom. The third-order valence-corrected chi connectivity index (χ3v) is 2.32. The fourth-order valence-electron chi connectivity index (χ4n) is 1.42. The predicted octanol–water partition coefficient (Wildman–Crippen LogP) is 1.37. The highest BCUT2D eigenvalue weighted by atomic mass is 19.1. The Morgan fingerprint density at radius 2 is 2.28 bits per heavy atom. The van der Waals surface area contributed by atoms with Gasteiger partial charge in [-0.3, -0.25) is 10.1 Å². The standard InChI is InChI=1S/C10H9FN4O3/c1-6(16)8-5-14(13-12-8)9-3-2-7(11)4-10(9)15(17)18/h2-6,16H,1H3. The number of nitro groups is 1.